The molecule has 1 aliphatic heterocycles. The summed E-state index contributed by atoms with van der Waals surface area (Å²) in [5.41, 5.74) is 1.38. The minimum Gasteiger partial charge on any atom is -0.496 e. The van der Waals surface area contributed by atoms with Crippen LogP contribution in [0.15, 0.2) is 66.7 Å². The fourth-order valence-electron chi connectivity index (χ4n) is 5.63. The lowest BCUT2D eigenvalue weighted by Gasteiger charge is -2.31. The highest BCUT2D eigenvalue weighted by Crippen LogP contribution is 2.30. The Morgan fingerprint density at radius 3 is 2.33 bits per heavy atom. The molecule has 0 bridgehead atoms. The Morgan fingerprint density at radius 1 is 0.913 bits per heavy atom. The van der Waals surface area contributed by atoms with Crippen molar-refractivity contribution in [3.63, 3.8) is 0 Å². The Kier molecular flexibility index (Phi) is 11.7. The first-order valence-electron chi connectivity index (χ1n) is 15.5. The third-order valence-electron chi connectivity index (χ3n) is 8.10. The summed E-state index contributed by atoms with van der Waals surface area (Å²) in [4.78, 5) is 66.7. The van der Waals surface area contributed by atoms with E-state index >= 15 is 0 Å². The van der Waals surface area contributed by atoms with Crippen molar-refractivity contribution in [1.82, 2.24) is 15.5 Å². The molecule has 3 N–H and O–H groups in total. The molecule has 4 rings (SSSR count). The fourth-order valence-corrected chi connectivity index (χ4v) is 5.63. The summed E-state index contributed by atoms with van der Waals surface area (Å²) in [6, 6.07) is 18.0. The zero-order valence-electron chi connectivity index (χ0n) is 26.7. The van der Waals surface area contributed by atoms with Crippen LogP contribution in [0.25, 0.3) is 10.8 Å². The number of hydrogen-bond acceptors (Lipinski definition) is 7. The van der Waals surface area contributed by atoms with E-state index in [9.17, 15) is 24.0 Å². The zero-order chi connectivity index (χ0) is 33.2. The van der Waals surface area contributed by atoms with Crippen LogP contribution in [0, 0.1) is 5.92 Å². The number of nitrogens with one attached hydrogen (secondary N) is 3. The van der Waals surface area contributed by atoms with Crippen LogP contribution in [0.5, 0.6) is 5.75 Å². The number of amides is 4. The van der Waals surface area contributed by atoms with Crippen LogP contribution in [0.1, 0.15) is 45.1 Å². The number of fused-ring (bicyclic) bond motifs is 1. The van der Waals surface area contributed by atoms with Gasteiger partial charge in [-0.05, 0) is 35.8 Å². The van der Waals surface area contributed by atoms with Crippen molar-refractivity contribution in [2.24, 2.45) is 5.92 Å². The van der Waals surface area contributed by atoms with Gasteiger partial charge in [0.2, 0.25) is 23.6 Å². The molecule has 3 atom stereocenters. The van der Waals surface area contributed by atoms with Crippen LogP contribution in [0.2, 0.25) is 0 Å². The average molecular weight is 631 g/mol. The van der Waals surface area contributed by atoms with Gasteiger partial charge in [-0.1, -0.05) is 68.4 Å². The normalized spacial score (nSPS) is 15.6. The quantitative estimate of drug-likeness (QED) is 0.245. The Labute approximate surface area is 269 Å². The smallest absolute Gasteiger partial charge is 0.306 e. The van der Waals surface area contributed by atoms with Crippen molar-refractivity contribution >= 4 is 46.1 Å². The van der Waals surface area contributed by atoms with E-state index in [1.165, 1.54) is 12.0 Å². The highest BCUT2D eigenvalue weighted by molar-refractivity contribution is 6.01. The molecule has 1 fully saturated rings. The van der Waals surface area contributed by atoms with Crippen LogP contribution in [-0.2, 0) is 35.1 Å². The molecular formula is C35H42N4O7. The van der Waals surface area contributed by atoms with Crippen LogP contribution in [0.3, 0.4) is 0 Å². The van der Waals surface area contributed by atoms with E-state index in [2.05, 4.69) is 20.7 Å². The number of benzene rings is 3. The molecule has 1 aliphatic rings. The Bertz CT molecular complexity index is 1560. The highest BCUT2D eigenvalue weighted by atomic mass is 16.5. The predicted molar refractivity (Wildman–Crippen MR) is 174 cm³/mol. The molecule has 11 heteroatoms. The molecule has 0 spiro atoms. The minimum atomic E-state index is -0.941. The van der Waals surface area contributed by atoms with Gasteiger partial charge in [0.15, 0.2) is 0 Å². The minimum absolute atomic E-state index is 0.104. The molecule has 0 radical (unpaired) electrons. The van der Waals surface area contributed by atoms with Crippen molar-refractivity contribution in [2.45, 2.75) is 64.1 Å². The summed E-state index contributed by atoms with van der Waals surface area (Å²) in [6.07, 6.45) is 1.02. The topological polar surface area (TPSA) is 143 Å². The average Bonchev–Trinajstić information content (AvgIpc) is 3.56. The zero-order valence-corrected chi connectivity index (χ0v) is 26.7. The van der Waals surface area contributed by atoms with Crippen molar-refractivity contribution in [3.05, 3.63) is 72.3 Å². The molecule has 3 aromatic rings. The summed E-state index contributed by atoms with van der Waals surface area (Å²) in [5, 5.41) is 10.4. The van der Waals surface area contributed by atoms with Crippen molar-refractivity contribution in [1.29, 1.82) is 0 Å². The van der Waals surface area contributed by atoms with Gasteiger partial charge in [0, 0.05) is 36.5 Å². The van der Waals surface area contributed by atoms with Crippen LogP contribution < -0.4 is 20.7 Å². The first-order chi connectivity index (χ1) is 22.1. The number of nitrogens with zero attached hydrogens (tertiary/aromatic N) is 1. The molecule has 4 amide bonds. The molecule has 244 valence electrons. The SMILES string of the molecule is COC(=O)CCC(=O)N[C@H](C(=O)N1CCC[C@H]1C(=O)N[C@@H](Cc1ccccc1)C(=O)Nc1cc(OC)c2ccccc2c1)C(C)C. The molecule has 46 heavy (non-hydrogen) atoms. The lowest BCUT2D eigenvalue weighted by atomic mass is 10.0. The van der Waals surface area contributed by atoms with E-state index in [1.807, 2.05) is 60.7 Å². The largest absolute Gasteiger partial charge is 0.496 e. The Morgan fingerprint density at radius 2 is 1.63 bits per heavy atom. The van der Waals surface area contributed by atoms with E-state index in [4.69, 9.17) is 4.74 Å². The third kappa shape index (κ3) is 8.62. The standard InChI is InChI=1S/C35H42N4O7/c1-22(2)32(38-30(40)16-17-31(41)46-4)35(44)39-18-10-15-28(39)34(43)37-27(19-23-11-6-5-7-12-23)33(42)36-25-20-24-13-8-9-14-26(24)29(21-25)45-3/h5-9,11-14,20-22,27-28,32H,10,15-19H2,1-4H3,(H,36,42)(H,37,43)(H,38,40)/t27-,28-,32-/m0/s1. The van der Waals surface area contributed by atoms with E-state index in [1.54, 1.807) is 27.0 Å². The van der Waals surface area contributed by atoms with Gasteiger partial charge in [0.05, 0.1) is 20.6 Å². The van der Waals surface area contributed by atoms with E-state index in [0.717, 1.165) is 16.3 Å². The van der Waals surface area contributed by atoms with E-state index < -0.39 is 41.8 Å². The van der Waals surface area contributed by atoms with Gasteiger partial charge in [-0.2, -0.15) is 0 Å². The number of methoxy groups -OCH3 is 2. The van der Waals surface area contributed by atoms with Crippen molar-refractivity contribution < 1.29 is 33.4 Å². The Hall–Kier alpha value is -4.93. The van der Waals surface area contributed by atoms with Crippen LogP contribution >= 0.6 is 0 Å². The van der Waals surface area contributed by atoms with E-state index in [0.29, 0.717) is 30.8 Å². The van der Waals surface area contributed by atoms with Gasteiger partial charge in [-0.3, -0.25) is 24.0 Å². The molecule has 0 unspecified atom stereocenters. The highest BCUT2D eigenvalue weighted by Gasteiger charge is 2.39. The van der Waals surface area contributed by atoms with Crippen LogP contribution in [0.4, 0.5) is 5.69 Å². The second-order valence-electron chi connectivity index (χ2n) is 11.7. The van der Waals surface area contributed by atoms with Crippen molar-refractivity contribution in [2.75, 3.05) is 26.1 Å². The number of carbonyl (C=O) groups is 5. The lowest BCUT2D eigenvalue weighted by Crippen LogP contribution is -2.57. The molecule has 0 aromatic heterocycles. The van der Waals surface area contributed by atoms with Crippen molar-refractivity contribution in [3.8, 4) is 5.75 Å². The first kappa shape index (κ1) is 34.0. The molecular weight excluding hydrogens is 588 g/mol. The van der Waals surface area contributed by atoms with Gasteiger partial charge < -0.3 is 30.3 Å². The number of anilines is 1. The summed E-state index contributed by atoms with van der Waals surface area (Å²) in [5.74, 6) is -1.88. The molecule has 3 aromatic carbocycles. The number of hydrogen-bond donors (Lipinski definition) is 3. The van der Waals surface area contributed by atoms with Gasteiger partial charge in [0.1, 0.15) is 23.9 Å². The second-order valence-corrected chi connectivity index (χ2v) is 11.7. The van der Waals surface area contributed by atoms with Gasteiger partial charge in [-0.15, -0.1) is 0 Å². The number of esters is 1. The maximum atomic E-state index is 13.8. The number of ether oxygens (including phenoxy) is 2. The molecule has 1 saturated heterocycles. The number of likely N-dealkylation sites (tertiary alicyclic amines) is 1. The summed E-state index contributed by atoms with van der Waals surface area (Å²) in [6.45, 7) is 3.94. The second kappa shape index (κ2) is 15.9. The van der Waals surface area contributed by atoms with Gasteiger partial charge >= 0.3 is 5.97 Å². The number of rotatable bonds is 13. The molecule has 0 aliphatic carbocycles. The monoisotopic (exact) mass is 630 g/mol. The number of carbonyl (C=O) groups excluding carboxylic acids is 5. The maximum absolute atomic E-state index is 13.8. The Balaban J connectivity index is 1.51. The summed E-state index contributed by atoms with van der Waals surface area (Å²) < 4.78 is 10.2. The van der Waals surface area contributed by atoms with Gasteiger partial charge in [0.25, 0.3) is 0 Å². The summed E-state index contributed by atoms with van der Waals surface area (Å²) in [7, 11) is 2.81. The van der Waals surface area contributed by atoms with Gasteiger partial charge in [-0.25, -0.2) is 0 Å². The predicted octanol–water partition coefficient (Wildman–Crippen LogP) is 3.60. The molecule has 0 saturated carbocycles. The fraction of sp³-hybridized carbons (Fsp3) is 0.400. The summed E-state index contributed by atoms with van der Waals surface area (Å²) >= 11 is 0. The molecule has 1 heterocycles. The lowest BCUT2D eigenvalue weighted by molar-refractivity contribution is -0.144. The third-order valence-corrected chi connectivity index (χ3v) is 8.10. The van der Waals surface area contributed by atoms with E-state index in [-0.39, 0.29) is 31.1 Å². The first-order valence-corrected chi connectivity index (χ1v) is 15.5. The van der Waals surface area contributed by atoms with Crippen LogP contribution in [-0.4, -0.2) is 73.4 Å². The maximum Gasteiger partial charge on any atom is 0.306 e. The molecule has 11 nitrogen and oxygen atoms in total.